The van der Waals surface area contributed by atoms with Crippen LogP contribution in [0, 0.1) is 0 Å². The number of fused-ring (bicyclic) bond motifs is 3. The Balaban J connectivity index is 1.70. The van der Waals surface area contributed by atoms with Crippen LogP contribution in [0.3, 0.4) is 0 Å². The van der Waals surface area contributed by atoms with Gasteiger partial charge in [0.05, 0.1) is 19.9 Å². The van der Waals surface area contributed by atoms with Gasteiger partial charge in [0.15, 0.2) is 11.5 Å². The van der Waals surface area contributed by atoms with Crippen LogP contribution in [0.4, 0.5) is 5.95 Å². The van der Waals surface area contributed by atoms with Crippen molar-refractivity contribution in [3.8, 4) is 11.5 Å². The molecule has 6 nitrogen and oxygen atoms in total. The molecule has 1 aromatic heterocycles. The number of rotatable bonds is 3. The second kappa shape index (κ2) is 6.16. The van der Waals surface area contributed by atoms with E-state index in [0.29, 0.717) is 5.75 Å². The van der Waals surface area contributed by atoms with Crippen LogP contribution in [0.2, 0.25) is 0 Å². The number of anilines is 1. The summed E-state index contributed by atoms with van der Waals surface area (Å²) < 4.78 is 12.9. The van der Waals surface area contributed by atoms with Gasteiger partial charge in [-0.3, -0.25) is 0 Å². The molecule has 0 fully saturated rings. The summed E-state index contributed by atoms with van der Waals surface area (Å²) in [6.07, 6.45) is 3.59. The van der Waals surface area contributed by atoms with Crippen molar-refractivity contribution in [3.05, 3.63) is 71.1 Å². The lowest BCUT2D eigenvalue weighted by atomic mass is 9.83. The molecule has 6 heteroatoms. The number of aryl methyl sites for hydroxylation is 1. The normalized spacial score (nSPS) is 17.5. The molecule has 2 heterocycles. The van der Waals surface area contributed by atoms with Crippen LogP contribution in [-0.4, -0.2) is 29.0 Å². The van der Waals surface area contributed by atoms with Crippen LogP contribution in [0.1, 0.15) is 29.2 Å². The number of benzene rings is 2. The summed E-state index contributed by atoms with van der Waals surface area (Å²) >= 11 is 0. The maximum Gasteiger partial charge on any atom is 0.226 e. The zero-order valence-electron chi connectivity index (χ0n) is 15.3. The molecule has 1 aliphatic heterocycles. The summed E-state index contributed by atoms with van der Waals surface area (Å²) in [5.74, 6) is 2.19. The minimum Gasteiger partial charge on any atom is -0.493 e. The van der Waals surface area contributed by atoms with Gasteiger partial charge in [0.2, 0.25) is 5.95 Å². The second-order valence-corrected chi connectivity index (χ2v) is 6.73. The van der Waals surface area contributed by atoms with E-state index in [1.165, 1.54) is 16.7 Å². The predicted molar refractivity (Wildman–Crippen MR) is 103 cm³/mol. The van der Waals surface area contributed by atoms with Crippen LogP contribution < -0.4 is 14.8 Å². The third-order valence-electron chi connectivity index (χ3n) is 5.38. The average molecular weight is 360 g/mol. The molecule has 0 radical (unpaired) electrons. The van der Waals surface area contributed by atoms with Crippen molar-refractivity contribution in [1.29, 1.82) is 0 Å². The molecule has 0 amide bonds. The lowest BCUT2D eigenvalue weighted by molar-refractivity contribution is 0.354. The Hall–Kier alpha value is -3.28. The quantitative estimate of drug-likeness (QED) is 0.772. The molecule has 0 bridgehead atoms. The molecule has 0 unspecified atom stereocenters. The summed E-state index contributed by atoms with van der Waals surface area (Å²) in [7, 11) is 3.31. The molecule has 1 aliphatic carbocycles. The smallest absolute Gasteiger partial charge is 0.226 e. The van der Waals surface area contributed by atoms with E-state index in [4.69, 9.17) is 9.47 Å². The maximum absolute atomic E-state index is 5.53. The van der Waals surface area contributed by atoms with Crippen molar-refractivity contribution in [2.45, 2.75) is 18.9 Å². The predicted octanol–water partition coefficient (Wildman–Crippen LogP) is 3.67. The third kappa shape index (κ3) is 2.40. The van der Waals surface area contributed by atoms with Gasteiger partial charge in [0.1, 0.15) is 12.4 Å². The first-order valence-electron chi connectivity index (χ1n) is 9.00. The van der Waals surface area contributed by atoms with Crippen molar-refractivity contribution in [2.75, 3.05) is 19.5 Å². The van der Waals surface area contributed by atoms with Crippen LogP contribution >= 0.6 is 0 Å². The van der Waals surface area contributed by atoms with Gasteiger partial charge in [0, 0.05) is 5.56 Å². The zero-order chi connectivity index (χ0) is 18.4. The van der Waals surface area contributed by atoms with Gasteiger partial charge in [0.25, 0.3) is 0 Å². The first kappa shape index (κ1) is 15.9. The molecule has 3 aromatic rings. The van der Waals surface area contributed by atoms with E-state index in [1.807, 2.05) is 16.8 Å². The fourth-order valence-corrected chi connectivity index (χ4v) is 4.12. The van der Waals surface area contributed by atoms with Crippen LogP contribution in [0.25, 0.3) is 5.70 Å². The first-order chi connectivity index (χ1) is 13.3. The lowest BCUT2D eigenvalue weighted by Crippen LogP contribution is -2.27. The zero-order valence-corrected chi connectivity index (χ0v) is 15.3. The Labute approximate surface area is 157 Å². The Bertz CT molecular complexity index is 1050. The minimum atomic E-state index is -0.0214. The summed E-state index contributed by atoms with van der Waals surface area (Å²) in [4.78, 5) is 4.42. The molecular formula is C21H20N4O2. The van der Waals surface area contributed by atoms with Crippen molar-refractivity contribution in [1.82, 2.24) is 14.8 Å². The molecule has 0 spiro atoms. The largest absolute Gasteiger partial charge is 0.493 e. The Morgan fingerprint density at radius 2 is 1.89 bits per heavy atom. The number of hydrogen-bond acceptors (Lipinski definition) is 5. The molecule has 2 aromatic carbocycles. The summed E-state index contributed by atoms with van der Waals surface area (Å²) in [6.45, 7) is 0. The highest BCUT2D eigenvalue weighted by Gasteiger charge is 2.34. The van der Waals surface area contributed by atoms with E-state index in [9.17, 15) is 0 Å². The molecule has 27 heavy (non-hydrogen) atoms. The number of nitrogens with one attached hydrogen (secondary N) is 1. The summed E-state index contributed by atoms with van der Waals surface area (Å²) in [5, 5.41) is 8.00. The van der Waals surface area contributed by atoms with Crippen LogP contribution in [-0.2, 0) is 6.42 Å². The van der Waals surface area contributed by atoms with Gasteiger partial charge in [-0.25, -0.2) is 4.68 Å². The summed E-state index contributed by atoms with van der Waals surface area (Å²) in [6, 6.07) is 14.6. The van der Waals surface area contributed by atoms with Gasteiger partial charge in [-0.05, 0) is 41.7 Å². The van der Waals surface area contributed by atoms with E-state index in [-0.39, 0.29) is 6.04 Å². The number of methoxy groups -OCH3 is 2. The van der Waals surface area contributed by atoms with E-state index >= 15 is 0 Å². The summed E-state index contributed by atoms with van der Waals surface area (Å²) in [5.41, 5.74) is 6.19. The van der Waals surface area contributed by atoms with Gasteiger partial charge >= 0.3 is 0 Å². The molecule has 0 saturated heterocycles. The maximum atomic E-state index is 5.53. The highest BCUT2D eigenvalue weighted by atomic mass is 16.5. The molecule has 1 N–H and O–H groups in total. The van der Waals surface area contributed by atoms with Gasteiger partial charge in [-0.15, -0.1) is 0 Å². The topological polar surface area (TPSA) is 61.2 Å². The Kier molecular flexibility index (Phi) is 3.63. The van der Waals surface area contributed by atoms with Gasteiger partial charge < -0.3 is 14.8 Å². The minimum absolute atomic E-state index is 0.0214. The first-order valence-corrected chi connectivity index (χ1v) is 9.00. The molecule has 2 aliphatic rings. The molecule has 5 rings (SSSR count). The van der Waals surface area contributed by atoms with Crippen molar-refractivity contribution in [2.24, 2.45) is 0 Å². The SMILES string of the molecule is COc1ccc([C@H]2C3=C(Nc4ncnn42)c2ccccc2CC3)cc1OC. The third-order valence-corrected chi connectivity index (χ3v) is 5.38. The van der Waals surface area contributed by atoms with Crippen LogP contribution in [0.5, 0.6) is 11.5 Å². The Morgan fingerprint density at radius 3 is 2.74 bits per heavy atom. The van der Waals surface area contributed by atoms with Gasteiger partial charge in [-0.1, -0.05) is 30.3 Å². The van der Waals surface area contributed by atoms with E-state index in [0.717, 1.165) is 35.8 Å². The number of allylic oxidation sites excluding steroid dienone is 1. The number of aromatic nitrogens is 3. The molecule has 0 saturated carbocycles. The number of nitrogens with zero attached hydrogens (tertiary/aromatic N) is 3. The number of hydrogen-bond donors (Lipinski definition) is 1. The second-order valence-electron chi connectivity index (χ2n) is 6.73. The van der Waals surface area contributed by atoms with Crippen molar-refractivity contribution < 1.29 is 9.47 Å². The monoisotopic (exact) mass is 360 g/mol. The van der Waals surface area contributed by atoms with Crippen LogP contribution in [0.15, 0.2) is 54.4 Å². The lowest BCUT2D eigenvalue weighted by Gasteiger charge is -2.34. The molecular weight excluding hydrogens is 340 g/mol. The highest BCUT2D eigenvalue weighted by Crippen LogP contribution is 2.44. The fraction of sp³-hybridized carbons (Fsp3) is 0.238. The van der Waals surface area contributed by atoms with Crippen molar-refractivity contribution in [3.63, 3.8) is 0 Å². The van der Waals surface area contributed by atoms with E-state index in [1.54, 1.807) is 20.5 Å². The van der Waals surface area contributed by atoms with Crippen molar-refractivity contribution >= 4 is 11.6 Å². The van der Waals surface area contributed by atoms with E-state index in [2.05, 4.69) is 45.7 Å². The Morgan fingerprint density at radius 1 is 1.04 bits per heavy atom. The highest BCUT2D eigenvalue weighted by molar-refractivity contribution is 5.83. The van der Waals surface area contributed by atoms with E-state index < -0.39 is 0 Å². The number of ether oxygens (including phenoxy) is 2. The van der Waals surface area contributed by atoms with Gasteiger partial charge in [-0.2, -0.15) is 10.1 Å². The molecule has 1 atom stereocenters. The molecule has 136 valence electrons. The average Bonchev–Trinajstić information content (AvgIpc) is 3.19. The standard InChI is InChI=1S/C21H20N4O2/c1-26-17-10-8-14(11-18(17)27-2)20-16-9-7-13-5-3-4-6-15(13)19(16)24-21-22-12-23-25(20)21/h3-6,8,10-12,20H,7,9H2,1-2H3,(H,22,23,24)/t20-/m0/s1. The fourth-order valence-electron chi connectivity index (χ4n) is 4.12.